The van der Waals surface area contributed by atoms with E-state index in [2.05, 4.69) is 15.1 Å². The van der Waals surface area contributed by atoms with Crippen LogP contribution in [0.4, 0.5) is 5.82 Å². The van der Waals surface area contributed by atoms with Crippen LogP contribution in [0, 0.1) is 0 Å². The Hall–Kier alpha value is -2.63. The van der Waals surface area contributed by atoms with Gasteiger partial charge in [-0.15, -0.1) is 0 Å². The summed E-state index contributed by atoms with van der Waals surface area (Å²) in [4.78, 5) is 8.31. The van der Waals surface area contributed by atoms with Gasteiger partial charge in [-0.1, -0.05) is 0 Å². The number of benzene rings is 1. The van der Waals surface area contributed by atoms with E-state index in [0.29, 0.717) is 12.4 Å². The fraction of sp³-hybridized carbons (Fsp3) is 0.154. The number of pyridine rings is 1. The Morgan fingerprint density at radius 3 is 2.95 bits per heavy atom. The van der Waals surface area contributed by atoms with Crippen molar-refractivity contribution >= 4 is 16.7 Å². The normalized spacial score (nSPS) is 10.8. The molecule has 2 heterocycles. The minimum absolute atomic E-state index is 0.497. The van der Waals surface area contributed by atoms with E-state index in [9.17, 15) is 0 Å². The number of hydrogen-bond donors (Lipinski definition) is 1. The highest BCUT2D eigenvalue weighted by molar-refractivity contribution is 5.82. The molecule has 3 aromatic rings. The molecule has 6 heteroatoms. The molecule has 0 spiro atoms. The molecule has 2 aromatic heterocycles. The van der Waals surface area contributed by atoms with Crippen LogP contribution in [0.15, 0.2) is 36.9 Å². The molecule has 0 bridgehead atoms. The van der Waals surface area contributed by atoms with Gasteiger partial charge in [0.2, 0.25) is 0 Å². The second-order valence-corrected chi connectivity index (χ2v) is 4.18. The van der Waals surface area contributed by atoms with Gasteiger partial charge in [-0.3, -0.25) is 0 Å². The van der Waals surface area contributed by atoms with Crippen LogP contribution in [0.2, 0.25) is 0 Å². The van der Waals surface area contributed by atoms with Gasteiger partial charge in [0.05, 0.1) is 19.2 Å². The Morgan fingerprint density at radius 1 is 1.32 bits per heavy atom. The molecule has 0 unspecified atom stereocenters. The number of fused-ring (bicyclic) bond motifs is 1. The minimum atomic E-state index is 0.497. The Bertz CT molecular complexity index is 708. The van der Waals surface area contributed by atoms with E-state index in [4.69, 9.17) is 10.5 Å². The van der Waals surface area contributed by atoms with Gasteiger partial charge < -0.3 is 10.5 Å². The van der Waals surface area contributed by atoms with E-state index in [1.54, 1.807) is 18.1 Å². The predicted molar refractivity (Wildman–Crippen MR) is 71.8 cm³/mol. The maximum atomic E-state index is 5.98. The monoisotopic (exact) mass is 255 g/mol. The summed E-state index contributed by atoms with van der Waals surface area (Å²) in [6, 6.07) is 7.74. The summed E-state index contributed by atoms with van der Waals surface area (Å²) in [5, 5.41) is 5.08. The molecular weight excluding hydrogens is 242 g/mol. The molecule has 0 amide bonds. The molecule has 3 rings (SSSR count). The first-order chi connectivity index (χ1) is 9.26. The maximum Gasteiger partial charge on any atom is 0.137 e. The predicted octanol–water partition coefficient (Wildman–Crippen LogP) is 1.47. The van der Waals surface area contributed by atoms with Crippen molar-refractivity contribution < 1.29 is 4.74 Å². The number of aromatic nitrogens is 4. The Labute approximate surface area is 109 Å². The fourth-order valence-corrected chi connectivity index (χ4v) is 1.95. The summed E-state index contributed by atoms with van der Waals surface area (Å²) >= 11 is 0. The largest absolute Gasteiger partial charge is 0.497 e. The van der Waals surface area contributed by atoms with Gasteiger partial charge >= 0.3 is 0 Å². The zero-order chi connectivity index (χ0) is 13.2. The molecule has 0 saturated heterocycles. The van der Waals surface area contributed by atoms with Crippen molar-refractivity contribution in [1.29, 1.82) is 0 Å². The number of methoxy groups -OCH3 is 1. The van der Waals surface area contributed by atoms with Gasteiger partial charge in [0.25, 0.3) is 0 Å². The number of rotatable bonds is 3. The number of anilines is 1. The van der Waals surface area contributed by atoms with E-state index >= 15 is 0 Å². The van der Waals surface area contributed by atoms with Crippen LogP contribution in [0.5, 0.6) is 5.75 Å². The van der Waals surface area contributed by atoms with Crippen LogP contribution < -0.4 is 10.5 Å². The van der Waals surface area contributed by atoms with E-state index in [1.165, 1.54) is 6.33 Å². The molecule has 0 fully saturated rings. The lowest BCUT2D eigenvalue weighted by molar-refractivity contribution is 0.415. The van der Waals surface area contributed by atoms with Crippen LogP contribution in [0.3, 0.4) is 0 Å². The first kappa shape index (κ1) is 11.5. The second-order valence-electron chi connectivity index (χ2n) is 4.18. The molecule has 0 aliphatic rings. The fourth-order valence-electron chi connectivity index (χ4n) is 1.95. The Balaban J connectivity index is 2.04. The Morgan fingerprint density at radius 2 is 2.21 bits per heavy atom. The van der Waals surface area contributed by atoms with E-state index < -0.39 is 0 Å². The van der Waals surface area contributed by atoms with Crippen LogP contribution in [0.1, 0.15) is 5.56 Å². The van der Waals surface area contributed by atoms with Crippen molar-refractivity contribution in [3.63, 3.8) is 0 Å². The molecule has 0 atom stereocenters. The third-order valence-corrected chi connectivity index (χ3v) is 2.94. The van der Waals surface area contributed by atoms with Gasteiger partial charge in [-0.2, -0.15) is 5.10 Å². The number of ether oxygens (including phenoxy) is 1. The number of nitrogen functional groups attached to an aromatic ring is 1. The lowest BCUT2D eigenvalue weighted by Crippen LogP contribution is -2.05. The van der Waals surface area contributed by atoms with Crippen molar-refractivity contribution in [2.75, 3.05) is 12.8 Å². The second kappa shape index (κ2) is 4.56. The average Bonchev–Trinajstić information content (AvgIpc) is 2.92. The van der Waals surface area contributed by atoms with Crippen LogP contribution in [-0.4, -0.2) is 26.9 Å². The summed E-state index contributed by atoms with van der Waals surface area (Å²) in [7, 11) is 1.63. The summed E-state index contributed by atoms with van der Waals surface area (Å²) in [5.74, 6) is 1.26. The average molecular weight is 255 g/mol. The molecule has 0 aliphatic carbocycles. The van der Waals surface area contributed by atoms with Gasteiger partial charge in [-0.25, -0.2) is 14.6 Å². The lowest BCUT2D eigenvalue weighted by atomic mass is 10.1. The summed E-state index contributed by atoms with van der Waals surface area (Å²) in [6.07, 6.45) is 3.15. The van der Waals surface area contributed by atoms with E-state index in [1.807, 2.05) is 24.3 Å². The molecule has 2 N–H and O–H groups in total. The lowest BCUT2D eigenvalue weighted by Gasteiger charge is -2.08. The third kappa shape index (κ3) is 2.20. The van der Waals surface area contributed by atoms with Crippen LogP contribution >= 0.6 is 0 Å². The van der Waals surface area contributed by atoms with Crippen LogP contribution in [0.25, 0.3) is 10.9 Å². The van der Waals surface area contributed by atoms with Gasteiger partial charge in [0.1, 0.15) is 24.2 Å². The molecule has 96 valence electrons. The highest BCUT2D eigenvalue weighted by atomic mass is 16.5. The quantitative estimate of drug-likeness (QED) is 0.766. The number of nitrogens with zero attached hydrogens (tertiary/aromatic N) is 4. The first-order valence-corrected chi connectivity index (χ1v) is 5.82. The van der Waals surface area contributed by atoms with Crippen molar-refractivity contribution in [3.8, 4) is 5.75 Å². The van der Waals surface area contributed by atoms with Crippen molar-refractivity contribution in [1.82, 2.24) is 19.7 Å². The number of hydrogen-bond acceptors (Lipinski definition) is 5. The molecule has 19 heavy (non-hydrogen) atoms. The molecule has 0 aliphatic heterocycles. The number of nitrogens with two attached hydrogens (primary N) is 1. The van der Waals surface area contributed by atoms with E-state index in [-0.39, 0.29) is 0 Å². The molecule has 1 aromatic carbocycles. The Kier molecular flexibility index (Phi) is 2.75. The topological polar surface area (TPSA) is 78.8 Å². The summed E-state index contributed by atoms with van der Waals surface area (Å²) in [5.41, 5.74) is 7.72. The zero-order valence-electron chi connectivity index (χ0n) is 10.4. The summed E-state index contributed by atoms with van der Waals surface area (Å²) < 4.78 is 6.89. The third-order valence-electron chi connectivity index (χ3n) is 2.94. The zero-order valence-corrected chi connectivity index (χ0v) is 10.4. The van der Waals surface area contributed by atoms with Gasteiger partial charge in [0.15, 0.2) is 0 Å². The molecular formula is C13H13N5O. The van der Waals surface area contributed by atoms with Gasteiger partial charge in [0, 0.05) is 17.0 Å². The van der Waals surface area contributed by atoms with Crippen LogP contribution in [-0.2, 0) is 6.54 Å². The highest BCUT2D eigenvalue weighted by Crippen LogP contribution is 2.23. The van der Waals surface area contributed by atoms with Gasteiger partial charge in [-0.05, 0) is 18.2 Å². The van der Waals surface area contributed by atoms with Crippen molar-refractivity contribution in [2.24, 2.45) is 0 Å². The first-order valence-electron chi connectivity index (χ1n) is 5.82. The molecule has 6 nitrogen and oxygen atoms in total. The van der Waals surface area contributed by atoms with Crippen molar-refractivity contribution in [3.05, 3.63) is 42.5 Å². The standard InChI is InChI=1S/C13H13N5O/c1-19-11-3-2-9-4-10(6-18-8-15-7-16-18)13(14)17-12(9)5-11/h2-5,7-8H,6H2,1H3,(H2,14,17). The molecule has 0 radical (unpaired) electrons. The smallest absolute Gasteiger partial charge is 0.137 e. The highest BCUT2D eigenvalue weighted by Gasteiger charge is 2.06. The summed E-state index contributed by atoms with van der Waals surface area (Å²) in [6.45, 7) is 0.556. The minimum Gasteiger partial charge on any atom is -0.497 e. The van der Waals surface area contributed by atoms with E-state index in [0.717, 1.165) is 22.2 Å². The molecule has 0 saturated carbocycles. The maximum absolute atomic E-state index is 5.98. The van der Waals surface area contributed by atoms with Crippen molar-refractivity contribution in [2.45, 2.75) is 6.54 Å². The SMILES string of the molecule is COc1ccc2cc(Cn3cncn3)c(N)nc2c1.